The summed E-state index contributed by atoms with van der Waals surface area (Å²) in [6, 6.07) is 7.98. The molecule has 1 aromatic rings. The van der Waals surface area contributed by atoms with Crippen LogP contribution < -0.4 is 5.32 Å². The fraction of sp³-hybridized carbons (Fsp3) is 0.467. The van der Waals surface area contributed by atoms with Gasteiger partial charge in [-0.05, 0) is 26.3 Å². The third-order valence-corrected chi connectivity index (χ3v) is 2.71. The first-order valence-electron chi connectivity index (χ1n) is 6.75. The molecule has 0 aromatic heterocycles. The molecule has 0 unspecified atom stereocenters. The lowest BCUT2D eigenvalue weighted by Crippen LogP contribution is -2.49. The van der Waals surface area contributed by atoms with Crippen molar-refractivity contribution in [1.82, 2.24) is 5.32 Å². The smallest absolute Gasteiger partial charge is 0.408 e. The number of carboxylic acid groups (broad SMARTS) is 1. The minimum atomic E-state index is -1.17. The molecule has 0 aliphatic heterocycles. The first kappa shape index (κ1) is 17.0. The Morgan fingerprint density at radius 2 is 1.81 bits per heavy atom. The standard InChI is InChI=1S/C15H21NO5/c1-10(2)21-11(3)13(14(17)18)16-15(19)20-9-12-7-5-4-6-8-12/h4-8,10-11,13H,9H2,1-3H3,(H,16,19)(H,17,18)/t11-,13-/m0/s1. The molecule has 0 aliphatic carbocycles. The number of carboxylic acids is 1. The Balaban J connectivity index is 2.51. The van der Waals surface area contributed by atoms with Gasteiger partial charge in [-0.25, -0.2) is 9.59 Å². The Kier molecular flexibility index (Phi) is 6.68. The number of ether oxygens (including phenoxy) is 2. The van der Waals surface area contributed by atoms with Gasteiger partial charge >= 0.3 is 12.1 Å². The van der Waals surface area contributed by atoms with Crippen molar-refractivity contribution in [3.8, 4) is 0 Å². The van der Waals surface area contributed by atoms with Gasteiger partial charge in [0.2, 0.25) is 0 Å². The molecule has 2 N–H and O–H groups in total. The number of carbonyl (C=O) groups excluding carboxylic acids is 1. The average Bonchev–Trinajstić information content (AvgIpc) is 2.42. The van der Waals surface area contributed by atoms with Gasteiger partial charge in [-0.2, -0.15) is 0 Å². The molecule has 1 aromatic carbocycles. The number of hydrogen-bond acceptors (Lipinski definition) is 4. The van der Waals surface area contributed by atoms with Crippen molar-refractivity contribution < 1.29 is 24.2 Å². The number of carbonyl (C=O) groups is 2. The van der Waals surface area contributed by atoms with Gasteiger partial charge < -0.3 is 19.9 Å². The Morgan fingerprint density at radius 3 is 2.33 bits per heavy atom. The third kappa shape index (κ3) is 6.27. The number of alkyl carbamates (subject to hydrolysis) is 1. The van der Waals surface area contributed by atoms with Gasteiger partial charge in [0, 0.05) is 0 Å². The van der Waals surface area contributed by atoms with Crippen LogP contribution in [0.4, 0.5) is 4.79 Å². The Hall–Kier alpha value is -2.08. The van der Waals surface area contributed by atoms with Crippen molar-refractivity contribution >= 4 is 12.1 Å². The minimum Gasteiger partial charge on any atom is -0.480 e. The summed E-state index contributed by atoms with van der Waals surface area (Å²) < 4.78 is 10.4. The van der Waals surface area contributed by atoms with Crippen LogP contribution >= 0.6 is 0 Å². The third-order valence-electron chi connectivity index (χ3n) is 2.71. The summed E-state index contributed by atoms with van der Waals surface area (Å²) in [5, 5.41) is 11.4. The largest absolute Gasteiger partial charge is 0.480 e. The van der Waals surface area contributed by atoms with E-state index in [4.69, 9.17) is 14.6 Å². The molecule has 6 nitrogen and oxygen atoms in total. The van der Waals surface area contributed by atoms with E-state index in [0.29, 0.717) is 0 Å². The van der Waals surface area contributed by atoms with E-state index in [1.54, 1.807) is 20.8 Å². The molecular formula is C15H21NO5. The Labute approximate surface area is 124 Å². The Bertz CT molecular complexity index is 460. The summed E-state index contributed by atoms with van der Waals surface area (Å²) in [5.41, 5.74) is 0.825. The van der Waals surface area contributed by atoms with E-state index in [9.17, 15) is 9.59 Å². The van der Waals surface area contributed by atoms with Crippen LogP contribution in [0.3, 0.4) is 0 Å². The van der Waals surface area contributed by atoms with Crippen molar-refractivity contribution in [3.05, 3.63) is 35.9 Å². The van der Waals surface area contributed by atoms with Gasteiger partial charge in [0.1, 0.15) is 6.61 Å². The Morgan fingerprint density at radius 1 is 1.19 bits per heavy atom. The summed E-state index contributed by atoms with van der Waals surface area (Å²) in [6.45, 7) is 5.26. The van der Waals surface area contributed by atoms with Crippen LogP contribution in [0.25, 0.3) is 0 Å². The van der Waals surface area contributed by atoms with Gasteiger partial charge in [0.25, 0.3) is 0 Å². The maximum atomic E-state index is 11.7. The van der Waals surface area contributed by atoms with Gasteiger partial charge in [-0.15, -0.1) is 0 Å². The van der Waals surface area contributed by atoms with Crippen molar-refractivity contribution in [1.29, 1.82) is 0 Å². The molecule has 0 saturated carbocycles. The fourth-order valence-corrected chi connectivity index (χ4v) is 1.78. The van der Waals surface area contributed by atoms with Crippen molar-refractivity contribution in [2.45, 2.75) is 45.6 Å². The lowest BCUT2D eigenvalue weighted by molar-refractivity contribution is -0.144. The van der Waals surface area contributed by atoms with Crippen molar-refractivity contribution in [2.24, 2.45) is 0 Å². The fourth-order valence-electron chi connectivity index (χ4n) is 1.78. The molecule has 2 atom stereocenters. The monoisotopic (exact) mass is 295 g/mol. The molecule has 0 heterocycles. The second-order valence-electron chi connectivity index (χ2n) is 4.91. The quantitative estimate of drug-likeness (QED) is 0.805. The molecule has 0 bridgehead atoms. The number of hydrogen-bond donors (Lipinski definition) is 2. The molecule has 1 amide bonds. The molecule has 6 heteroatoms. The molecular weight excluding hydrogens is 274 g/mol. The van der Waals surface area contributed by atoms with E-state index in [2.05, 4.69) is 5.32 Å². The van der Waals surface area contributed by atoms with Crippen LogP contribution in [0.1, 0.15) is 26.3 Å². The summed E-state index contributed by atoms with van der Waals surface area (Å²) in [7, 11) is 0. The highest BCUT2D eigenvalue weighted by Crippen LogP contribution is 2.05. The predicted molar refractivity (Wildman–Crippen MR) is 76.9 cm³/mol. The van der Waals surface area contributed by atoms with Gasteiger partial charge in [-0.3, -0.25) is 0 Å². The van der Waals surface area contributed by atoms with Crippen LogP contribution in [0, 0.1) is 0 Å². The van der Waals surface area contributed by atoms with Crippen LogP contribution in [0.15, 0.2) is 30.3 Å². The summed E-state index contributed by atoms with van der Waals surface area (Å²) in [4.78, 5) is 22.9. The highest BCUT2D eigenvalue weighted by Gasteiger charge is 2.28. The SMILES string of the molecule is CC(C)O[C@@H](C)[C@H](NC(=O)OCc1ccccc1)C(=O)O. The zero-order valence-corrected chi connectivity index (χ0v) is 12.4. The predicted octanol–water partition coefficient (Wildman–Crippen LogP) is 2.18. The van der Waals surface area contributed by atoms with Crippen LogP contribution in [0.5, 0.6) is 0 Å². The molecule has 0 spiro atoms. The van der Waals surface area contributed by atoms with E-state index < -0.39 is 24.2 Å². The first-order valence-corrected chi connectivity index (χ1v) is 6.75. The highest BCUT2D eigenvalue weighted by atomic mass is 16.6. The molecule has 1 rings (SSSR count). The van der Waals surface area contributed by atoms with Crippen LogP contribution in [-0.2, 0) is 20.9 Å². The van der Waals surface area contributed by atoms with Gasteiger partial charge in [0.05, 0.1) is 12.2 Å². The average molecular weight is 295 g/mol. The molecule has 0 aliphatic rings. The molecule has 116 valence electrons. The maximum absolute atomic E-state index is 11.7. The molecule has 0 radical (unpaired) electrons. The molecule has 21 heavy (non-hydrogen) atoms. The zero-order valence-electron chi connectivity index (χ0n) is 12.4. The van der Waals surface area contributed by atoms with E-state index in [1.165, 1.54) is 0 Å². The minimum absolute atomic E-state index is 0.0818. The maximum Gasteiger partial charge on any atom is 0.408 e. The zero-order chi connectivity index (χ0) is 15.8. The van der Waals surface area contributed by atoms with Crippen molar-refractivity contribution in [3.63, 3.8) is 0 Å². The molecule has 0 fully saturated rings. The summed E-state index contributed by atoms with van der Waals surface area (Å²) in [6.07, 6.45) is -1.58. The number of benzene rings is 1. The highest BCUT2D eigenvalue weighted by molar-refractivity contribution is 5.80. The van der Waals surface area contributed by atoms with E-state index in [-0.39, 0.29) is 12.7 Å². The van der Waals surface area contributed by atoms with E-state index in [0.717, 1.165) is 5.56 Å². The first-order chi connectivity index (χ1) is 9.90. The lowest BCUT2D eigenvalue weighted by atomic mass is 10.2. The number of rotatable bonds is 7. The second-order valence-corrected chi connectivity index (χ2v) is 4.91. The van der Waals surface area contributed by atoms with Crippen LogP contribution in [-0.4, -0.2) is 35.4 Å². The normalized spacial score (nSPS) is 13.5. The van der Waals surface area contributed by atoms with Gasteiger partial charge in [0.15, 0.2) is 6.04 Å². The topological polar surface area (TPSA) is 84.9 Å². The second kappa shape index (κ2) is 8.26. The van der Waals surface area contributed by atoms with Crippen LogP contribution in [0.2, 0.25) is 0 Å². The summed E-state index contributed by atoms with van der Waals surface area (Å²) in [5.74, 6) is -1.17. The summed E-state index contributed by atoms with van der Waals surface area (Å²) >= 11 is 0. The lowest BCUT2D eigenvalue weighted by Gasteiger charge is -2.23. The van der Waals surface area contributed by atoms with E-state index >= 15 is 0 Å². The van der Waals surface area contributed by atoms with Crippen molar-refractivity contribution in [2.75, 3.05) is 0 Å². The van der Waals surface area contributed by atoms with Gasteiger partial charge in [-0.1, -0.05) is 30.3 Å². The molecule has 0 saturated heterocycles. The van der Waals surface area contributed by atoms with E-state index in [1.807, 2.05) is 30.3 Å². The number of nitrogens with one attached hydrogen (secondary N) is 1. The number of amides is 1. The number of aliphatic carboxylic acids is 1.